The zero-order chi connectivity index (χ0) is 17.3. The molecule has 1 aliphatic carbocycles. The Kier molecular flexibility index (Phi) is 4.75. The maximum atomic E-state index is 12.0. The summed E-state index contributed by atoms with van der Waals surface area (Å²) in [5, 5.41) is 3.19. The molecule has 0 unspecified atom stereocenters. The number of aromatic amines is 1. The normalized spacial score (nSPS) is 21.3. The smallest absolute Gasteiger partial charge is 0.329 e. The van der Waals surface area contributed by atoms with Crippen LogP contribution in [0.1, 0.15) is 32.6 Å². The molecule has 2 aromatic rings. The van der Waals surface area contributed by atoms with Crippen LogP contribution < -0.4 is 16.6 Å². The summed E-state index contributed by atoms with van der Waals surface area (Å²) >= 11 is 0. The summed E-state index contributed by atoms with van der Waals surface area (Å²) in [7, 11) is 3.34. The third-order valence-electron chi connectivity index (χ3n) is 4.88. The average Bonchev–Trinajstić information content (AvgIpc) is 2.88. The van der Waals surface area contributed by atoms with Gasteiger partial charge in [0.15, 0.2) is 11.2 Å². The zero-order valence-electron chi connectivity index (χ0n) is 14.5. The molecule has 8 nitrogen and oxygen atoms in total. The highest BCUT2D eigenvalue weighted by atomic mass is 16.5. The molecule has 1 aliphatic rings. The molecule has 2 aromatic heterocycles. The molecule has 0 radical (unpaired) electrons. The van der Waals surface area contributed by atoms with Gasteiger partial charge in [0.2, 0.25) is 5.95 Å². The first-order chi connectivity index (χ1) is 11.5. The predicted octanol–water partition coefficient (Wildman–Crippen LogP) is 0.968. The number of rotatable bonds is 5. The van der Waals surface area contributed by atoms with Gasteiger partial charge in [-0.2, -0.15) is 4.98 Å². The molecule has 8 heteroatoms. The van der Waals surface area contributed by atoms with Gasteiger partial charge < -0.3 is 14.6 Å². The van der Waals surface area contributed by atoms with Crippen LogP contribution in [-0.2, 0) is 18.8 Å². The van der Waals surface area contributed by atoms with Crippen LogP contribution in [0.3, 0.4) is 0 Å². The van der Waals surface area contributed by atoms with Crippen molar-refractivity contribution in [2.24, 2.45) is 20.0 Å². The van der Waals surface area contributed by atoms with Crippen LogP contribution in [0.15, 0.2) is 9.59 Å². The number of anilines is 1. The van der Waals surface area contributed by atoms with E-state index in [4.69, 9.17) is 4.74 Å². The number of ether oxygens (including phenoxy) is 1. The summed E-state index contributed by atoms with van der Waals surface area (Å²) in [6.45, 7) is 3.44. The Morgan fingerprint density at radius 3 is 2.75 bits per heavy atom. The third kappa shape index (κ3) is 3.10. The van der Waals surface area contributed by atoms with Crippen LogP contribution >= 0.6 is 0 Å². The lowest BCUT2D eigenvalue weighted by Gasteiger charge is -2.28. The van der Waals surface area contributed by atoms with E-state index in [9.17, 15) is 9.59 Å². The van der Waals surface area contributed by atoms with Gasteiger partial charge in [-0.3, -0.25) is 14.3 Å². The summed E-state index contributed by atoms with van der Waals surface area (Å²) in [4.78, 5) is 30.3. The number of hydrogen-bond acceptors (Lipinski definition) is 5. The molecule has 3 rings (SSSR count). The molecule has 0 aliphatic heterocycles. The van der Waals surface area contributed by atoms with Crippen molar-refractivity contribution in [3.05, 3.63) is 20.8 Å². The van der Waals surface area contributed by atoms with E-state index in [2.05, 4.69) is 22.2 Å². The number of nitrogens with zero attached hydrogens (tertiary/aromatic N) is 3. The molecule has 1 fully saturated rings. The molecular weight excluding hydrogens is 310 g/mol. The van der Waals surface area contributed by atoms with Crippen molar-refractivity contribution in [2.75, 3.05) is 18.5 Å². The lowest BCUT2D eigenvalue weighted by molar-refractivity contribution is 0.000342. The molecule has 0 bridgehead atoms. The molecule has 0 aromatic carbocycles. The van der Waals surface area contributed by atoms with Gasteiger partial charge in [-0.15, -0.1) is 0 Å². The van der Waals surface area contributed by atoms with E-state index in [1.165, 1.54) is 23.8 Å². The number of H-pyrrole nitrogens is 1. The van der Waals surface area contributed by atoms with E-state index in [0.717, 1.165) is 6.42 Å². The van der Waals surface area contributed by atoms with Crippen LogP contribution in [0, 0.1) is 5.92 Å². The summed E-state index contributed by atoms with van der Waals surface area (Å²) in [5.41, 5.74) is -0.146. The van der Waals surface area contributed by atoms with Gasteiger partial charge in [0.25, 0.3) is 5.56 Å². The van der Waals surface area contributed by atoms with Crippen molar-refractivity contribution in [3.8, 4) is 0 Å². The van der Waals surface area contributed by atoms with Crippen LogP contribution in [0.25, 0.3) is 11.2 Å². The van der Waals surface area contributed by atoms with E-state index >= 15 is 0 Å². The monoisotopic (exact) mass is 335 g/mol. The molecular formula is C16H25N5O3. The summed E-state index contributed by atoms with van der Waals surface area (Å²) in [5.74, 6) is 1.17. The zero-order valence-corrected chi connectivity index (χ0v) is 14.5. The first-order valence-corrected chi connectivity index (χ1v) is 8.50. The number of imidazole rings is 1. The van der Waals surface area contributed by atoms with E-state index < -0.39 is 11.2 Å². The maximum Gasteiger partial charge on any atom is 0.329 e. The molecule has 2 N–H and O–H groups in total. The lowest BCUT2D eigenvalue weighted by atomic mass is 9.88. The standard InChI is InChI=1S/C16H25N5O3/c1-10-6-4-5-7-11(10)24-9-8-17-15-18-13-12(20(15)2)14(22)19-16(23)21(13)3/h10-11H,4-9H2,1-3H3,(H,17,18)(H,19,22,23)/t10-,11+/m1/s1. The molecule has 2 atom stereocenters. The number of nitrogens with one attached hydrogen (secondary N) is 2. The van der Waals surface area contributed by atoms with Gasteiger partial charge >= 0.3 is 5.69 Å². The van der Waals surface area contributed by atoms with Gasteiger partial charge in [-0.05, 0) is 18.8 Å². The van der Waals surface area contributed by atoms with Gasteiger partial charge in [0.1, 0.15) is 0 Å². The van der Waals surface area contributed by atoms with E-state index in [1.807, 2.05) is 0 Å². The third-order valence-corrected chi connectivity index (χ3v) is 4.88. The van der Waals surface area contributed by atoms with Crippen LogP contribution in [0.4, 0.5) is 5.95 Å². The Balaban J connectivity index is 1.67. The highest BCUT2D eigenvalue weighted by Crippen LogP contribution is 2.26. The minimum absolute atomic E-state index is 0.338. The molecule has 1 saturated carbocycles. The molecule has 0 amide bonds. The summed E-state index contributed by atoms with van der Waals surface area (Å²) in [6, 6.07) is 0. The Morgan fingerprint density at radius 1 is 1.25 bits per heavy atom. The molecule has 132 valence electrons. The van der Waals surface area contributed by atoms with Crippen molar-refractivity contribution in [3.63, 3.8) is 0 Å². The van der Waals surface area contributed by atoms with Gasteiger partial charge in [0, 0.05) is 20.6 Å². The average molecular weight is 335 g/mol. The summed E-state index contributed by atoms with van der Waals surface area (Å²) in [6.07, 6.45) is 5.24. The topological polar surface area (TPSA) is 93.9 Å². The summed E-state index contributed by atoms with van der Waals surface area (Å²) < 4.78 is 8.97. The minimum atomic E-state index is -0.466. The lowest BCUT2D eigenvalue weighted by Crippen LogP contribution is -2.29. The second-order valence-electron chi connectivity index (χ2n) is 6.58. The second-order valence-corrected chi connectivity index (χ2v) is 6.58. The van der Waals surface area contributed by atoms with Crippen molar-refractivity contribution in [1.29, 1.82) is 0 Å². The molecule has 24 heavy (non-hydrogen) atoms. The Morgan fingerprint density at radius 2 is 2.00 bits per heavy atom. The highest BCUT2D eigenvalue weighted by molar-refractivity contribution is 5.73. The predicted molar refractivity (Wildman–Crippen MR) is 92.4 cm³/mol. The Bertz CT molecular complexity index is 835. The molecule has 0 spiro atoms. The Labute approximate surface area is 139 Å². The SMILES string of the molecule is C[C@@H]1CCCC[C@@H]1OCCNc1nc2c(c(=O)[nH]c(=O)n2C)n1C. The first kappa shape index (κ1) is 16.8. The highest BCUT2D eigenvalue weighted by Gasteiger charge is 2.21. The quantitative estimate of drug-likeness (QED) is 0.794. The number of fused-ring (bicyclic) bond motifs is 1. The van der Waals surface area contributed by atoms with Crippen molar-refractivity contribution < 1.29 is 4.74 Å². The van der Waals surface area contributed by atoms with Crippen molar-refractivity contribution in [1.82, 2.24) is 19.1 Å². The molecule has 0 saturated heterocycles. The van der Waals surface area contributed by atoms with Gasteiger partial charge in [0.05, 0.1) is 12.7 Å². The van der Waals surface area contributed by atoms with Crippen LogP contribution in [0.2, 0.25) is 0 Å². The van der Waals surface area contributed by atoms with Crippen LogP contribution in [-0.4, -0.2) is 38.4 Å². The van der Waals surface area contributed by atoms with Crippen LogP contribution in [0.5, 0.6) is 0 Å². The second kappa shape index (κ2) is 6.80. The fraction of sp³-hybridized carbons (Fsp3) is 0.688. The number of aryl methyl sites for hydroxylation is 2. The number of hydrogen-bond donors (Lipinski definition) is 2. The van der Waals surface area contributed by atoms with Gasteiger partial charge in [-0.1, -0.05) is 19.8 Å². The van der Waals surface area contributed by atoms with E-state index in [1.54, 1.807) is 18.7 Å². The van der Waals surface area contributed by atoms with Gasteiger partial charge in [-0.25, -0.2) is 4.79 Å². The largest absolute Gasteiger partial charge is 0.376 e. The van der Waals surface area contributed by atoms with E-state index in [-0.39, 0.29) is 0 Å². The fourth-order valence-corrected chi connectivity index (χ4v) is 3.37. The Hall–Kier alpha value is -2.09. The van der Waals surface area contributed by atoms with Crippen molar-refractivity contribution >= 4 is 17.1 Å². The number of aromatic nitrogens is 4. The minimum Gasteiger partial charge on any atom is -0.376 e. The van der Waals surface area contributed by atoms with Crippen molar-refractivity contribution in [2.45, 2.75) is 38.7 Å². The fourth-order valence-electron chi connectivity index (χ4n) is 3.37. The first-order valence-electron chi connectivity index (χ1n) is 8.50. The molecule has 2 heterocycles. The van der Waals surface area contributed by atoms with E-state index in [0.29, 0.717) is 42.3 Å². The maximum absolute atomic E-state index is 12.0.